The third-order valence-electron chi connectivity index (χ3n) is 4.78. The van der Waals surface area contributed by atoms with Crippen molar-refractivity contribution in [3.63, 3.8) is 0 Å². The minimum absolute atomic E-state index is 0.0933. The summed E-state index contributed by atoms with van der Waals surface area (Å²) < 4.78 is 0. The fourth-order valence-corrected chi connectivity index (χ4v) is 3.64. The average molecular weight is 422 g/mol. The molecule has 0 heterocycles. The van der Waals surface area contributed by atoms with E-state index in [4.69, 9.17) is 23.2 Å². The van der Waals surface area contributed by atoms with E-state index in [1.807, 2.05) is 0 Å². The maximum Gasteiger partial charge on any atom is 0.317 e. The van der Waals surface area contributed by atoms with E-state index in [-0.39, 0.29) is 40.7 Å². The maximum absolute atomic E-state index is 12.4. The van der Waals surface area contributed by atoms with E-state index < -0.39 is 17.3 Å². The third kappa shape index (κ3) is 4.54. The fraction of sp³-hybridized carbons (Fsp3) is 0.286. The van der Waals surface area contributed by atoms with Crippen LogP contribution in [0.15, 0.2) is 42.5 Å². The SMILES string of the molecule is CCC(=O)C(CC)(Cc1ccc(NC(=O)c2c(Cl)cccc2Cl)cc1)C(=O)O. The molecule has 0 bridgehead atoms. The lowest BCUT2D eigenvalue weighted by molar-refractivity contribution is -0.155. The molecule has 1 unspecified atom stereocenters. The Kier molecular flexibility index (Phi) is 7.22. The number of carbonyl (C=O) groups excluding carboxylic acids is 2. The van der Waals surface area contributed by atoms with Gasteiger partial charge < -0.3 is 10.4 Å². The van der Waals surface area contributed by atoms with Gasteiger partial charge in [0.1, 0.15) is 11.2 Å². The number of halogens is 2. The number of carboxylic acid groups (broad SMARTS) is 1. The van der Waals surface area contributed by atoms with Crippen molar-refractivity contribution in [2.75, 3.05) is 5.32 Å². The molecule has 1 amide bonds. The van der Waals surface area contributed by atoms with Crippen molar-refractivity contribution in [1.82, 2.24) is 0 Å². The van der Waals surface area contributed by atoms with Gasteiger partial charge in [0.2, 0.25) is 0 Å². The Hall–Kier alpha value is -2.37. The third-order valence-corrected chi connectivity index (χ3v) is 5.41. The quantitative estimate of drug-likeness (QED) is 0.570. The van der Waals surface area contributed by atoms with Crippen molar-refractivity contribution in [1.29, 1.82) is 0 Å². The summed E-state index contributed by atoms with van der Waals surface area (Å²) in [6.07, 6.45) is 0.460. The Labute approximate surface area is 173 Å². The first-order chi connectivity index (χ1) is 13.2. The molecule has 0 saturated heterocycles. The van der Waals surface area contributed by atoms with Gasteiger partial charge >= 0.3 is 5.97 Å². The Morgan fingerprint density at radius 3 is 2.04 bits per heavy atom. The van der Waals surface area contributed by atoms with E-state index in [2.05, 4.69) is 5.32 Å². The number of rotatable bonds is 8. The number of amides is 1. The van der Waals surface area contributed by atoms with Crippen LogP contribution in [-0.4, -0.2) is 22.8 Å². The highest BCUT2D eigenvalue weighted by molar-refractivity contribution is 6.40. The molecule has 0 aromatic heterocycles. The zero-order valence-corrected chi connectivity index (χ0v) is 17.1. The van der Waals surface area contributed by atoms with Gasteiger partial charge in [-0.2, -0.15) is 0 Å². The van der Waals surface area contributed by atoms with Crippen LogP contribution in [0.1, 0.15) is 42.6 Å². The van der Waals surface area contributed by atoms with Crippen molar-refractivity contribution in [2.45, 2.75) is 33.1 Å². The molecule has 1 atom stereocenters. The van der Waals surface area contributed by atoms with Gasteiger partial charge in [-0.25, -0.2) is 0 Å². The van der Waals surface area contributed by atoms with E-state index in [0.717, 1.165) is 0 Å². The molecule has 2 N–H and O–H groups in total. The molecule has 2 aromatic rings. The monoisotopic (exact) mass is 421 g/mol. The van der Waals surface area contributed by atoms with E-state index in [9.17, 15) is 19.5 Å². The molecule has 148 valence electrons. The highest BCUT2D eigenvalue weighted by atomic mass is 35.5. The summed E-state index contributed by atoms with van der Waals surface area (Å²) in [7, 11) is 0. The molecule has 2 aromatic carbocycles. The maximum atomic E-state index is 12.4. The van der Waals surface area contributed by atoms with Crippen LogP contribution in [0.25, 0.3) is 0 Å². The molecular weight excluding hydrogens is 401 g/mol. The topological polar surface area (TPSA) is 83.5 Å². The van der Waals surface area contributed by atoms with Crippen LogP contribution in [0.4, 0.5) is 5.69 Å². The first-order valence-corrected chi connectivity index (χ1v) is 9.61. The lowest BCUT2D eigenvalue weighted by atomic mass is 9.74. The molecule has 28 heavy (non-hydrogen) atoms. The van der Waals surface area contributed by atoms with Crippen LogP contribution in [0.5, 0.6) is 0 Å². The molecule has 7 heteroatoms. The molecule has 0 radical (unpaired) electrons. The first kappa shape index (κ1) is 21.9. The molecular formula is C21H21Cl2NO4. The number of aliphatic carboxylic acids is 1. The minimum Gasteiger partial charge on any atom is -0.480 e. The largest absolute Gasteiger partial charge is 0.480 e. The minimum atomic E-state index is -1.44. The summed E-state index contributed by atoms with van der Waals surface area (Å²) in [4.78, 5) is 36.5. The van der Waals surface area contributed by atoms with Crippen LogP contribution >= 0.6 is 23.2 Å². The zero-order valence-electron chi connectivity index (χ0n) is 15.6. The Morgan fingerprint density at radius 2 is 1.57 bits per heavy atom. The lowest BCUT2D eigenvalue weighted by Gasteiger charge is -2.26. The van der Waals surface area contributed by atoms with Crippen LogP contribution in [-0.2, 0) is 16.0 Å². The standard InChI is InChI=1S/C21H21Cl2NO4/c1-3-17(25)21(4-2,20(27)28)12-13-8-10-14(11-9-13)24-19(26)18-15(22)6-5-7-16(18)23/h5-11H,3-4,12H2,1-2H3,(H,24,26)(H,27,28). The number of hydrogen-bond acceptors (Lipinski definition) is 3. The van der Waals surface area contributed by atoms with Gasteiger partial charge in [-0.1, -0.05) is 55.2 Å². The number of anilines is 1. The van der Waals surface area contributed by atoms with Crippen molar-refractivity contribution in [3.8, 4) is 0 Å². The first-order valence-electron chi connectivity index (χ1n) is 8.86. The van der Waals surface area contributed by atoms with Gasteiger partial charge in [0.25, 0.3) is 5.91 Å². The molecule has 2 rings (SSSR count). The highest BCUT2D eigenvalue weighted by Crippen LogP contribution is 2.31. The molecule has 0 fully saturated rings. The fourth-order valence-electron chi connectivity index (χ4n) is 3.07. The number of Topliss-reactive ketones (excluding diaryl/α,β-unsaturated/α-hetero) is 1. The number of ketones is 1. The second-order valence-corrected chi connectivity index (χ2v) is 7.26. The molecule has 0 spiro atoms. The van der Waals surface area contributed by atoms with E-state index in [1.165, 1.54) is 0 Å². The molecule has 0 aliphatic heterocycles. The predicted octanol–water partition coefficient (Wildman–Crippen LogP) is 5.25. The Balaban J connectivity index is 2.20. The number of hydrogen-bond donors (Lipinski definition) is 2. The molecule has 0 saturated carbocycles. The summed E-state index contributed by atoms with van der Waals surface area (Å²) in [5.41, 5.74) is -0.0620. The Morgan fingerprint density at radius 1 is 1.00 bits per heavy atom. The van der Waals surface area contributed by atoms with Gasteiger partial charge in [0, 0.05) is 12.1 Å². The van der Waals surface area contributed by atoms with Crippen LogP contribution in [0.3, 0.4) is 0 Å². The summed E-state index contributed by atoms with van der Waals surface area (Å²) in [6, 6.07) is 11.5. The average Bonchev–Trinajstić information content (AvgIpc) is 2.66. The van der Waals surface area contributed by atoms with Crippen LogP contribution in [0, 0.1) is 5.41 Å². The highest BCUT2D eigenvalue weighted by Gasteiger charge is 2.43. The summed E-state index contributed by atoms with van der Waals surface area (Å²) in [6.45, 7) is 3.36. The zero-order chi connectivity index (χ0) is 20.9. The molecule has 0 aliphatic carbocycles. The number of nitrogens with one attached hydrogen (secondary N) is 1. The van der Waals surface area contributed by atoms with Crippen molar-refractivity contribution >= 4 is 46.5 Å². The van der Waals surface area contributed by atoms with E-state index >= 15 is 0 Å². The van der Waals surface area contributed by atoms with Gasteiger partial charge in [0.15, 0.2) is 0 Å². The Bertz CT molecular complexity index is 876. The summed E-state index contributed by atoms with van der Waals surface area (Å²) in [5, 5.41) is 12.8. The predicted molar refractivity (Wildman–Crippen MR) is 110 cm³/mol. The van der Waals surface area contributed by atoms with Crippen molar-refractivity contribution in [2.24, 2.45) is 5.41 Å². The second kappa shape index (κ2) is 9.22. The van der Waals surface area contributed by atoms with Gasteiger partial charge in [-0.3, -0.25) is 14.4 Å². The van der Waals surface area contributed by atoms with Crippen molar-refractivity contribution in [3.05, 3.63) is 63.6 Å². The number of carbonyl (C=O) groups is 3. The van der Waals surface area contributed by atoms with Gasteiger partial charge in [-0.05, 0) is 42.7 Å². The summed E-state index contributed by atoms with van der Waals surface area (Å²) in [5.74, 6) is -1.86. The van der Waals surface area contributed by atoms with Crippen molar-refractivity contribution < 1.29 is 19.5 Å². The number of carboxylic acids is 1. The van der Waals surface area contributed by atoms with E-state index in [1.54, 1.807) is 56.3 Å². The molecule has 0 aliphatic rings. The number of benzene rings is 2. The van der Waals surface area contributed by atoms with Crippen LogP contribution < -0.4 is 5.32 Å². The smallest absolute Gasteiger partial charge is 0.317 e. The molecule has 5 nitrogen and oxygen atoms in total. The van der Waals surface area contributed by atoms with E-state index in [0.29, 0.717) is 11.3 Å². The second-order valence-electron chi connectivity index (χ2n) is 6.44. The lowest BCUT2D eigenvalue weighted by Crippen LogP contribution is -2.40. The normalized spacial score (nSPS) is 12.9. The van der Waals surface area contributed by atoms with Gasteiger partial charge in [-0.15, -0.1) is 0 Å². The summed E-state index contributed by atoms with van der Waals surface area (Å²) >= 11 is 12.1. The van der Waals surface area contributed by atoms with Crippen LogP contribution in [0.2, 0.25) is 10.0 Å². The van der Waals surface area contributed by atoms with Gasteiger partial charge in [0.05, 0.1) is 15.6 Å².